The van der Waals surface area contributed by atoms with Crippen molar-refractivity contribution in [3.05, 3.63) is 12.3 Å². The number of carbonyl (C=O) groups is 1. The van der Waals surface area contributed by atoms with Crippen LogP contribution in [0.25, 0.3) is 0 Å². The first kappa shape index (κ1) is 12.0. The van der Waals surface area contributed by atoms with Gasteiger partial charge in [-0.2, -0.15) is 0 Å². The second-order valence-electron chi connectivity index (χ2n) is 3.91. The average molecular weight is 214 g/mol. The first-order valence-electron chi connectivity index (χ1n) is 5.45. The Morgan fingerprint density at radius 1 is 1.33 bits per heavy atom. The number of piperidine rings is 1. The van der Waals surface area contributed by atoms with Gasteiger partial charge in [0, 0.05) is 0 Å². The van der Waals surface area contributed by atoms with Gasteiger partial charge < -0.3 is 10.2 Å². The van der Waals surface area contributed by atoms with Crippen LogP contribution >= 0.6 is 0 Å². The summed E-state index contributed by atoms with van der Waals surface area (Å²) in [7, 11) is 0. The van der Waals surface area contributed by atoms with Crippen molar-refractivity contribution in [2.45, 2.75) is 19.3 Å². The highest BCUT2D eigenvalue weighted by atomic mass is 16.5. The first-order chi connectivity index (χ1) is 7.24. The molecule has 5 nitrogen and oxygen atoms in total. The second kappa shape index (κ2) is 6.42. The van der Waals surface area contributed by atoms with Gasteiger partial charge in [0.25, 0.3) is 5.91 Å². The van der Waals surface area contributed by atoms with Crippen LogP contribution in [0.4, 0.5) is 0 Å². The number of likely N-dealkylation sites (tertiary alicyclic amines) is 1. The SMILES string of the molecule is C=C(NO)C(=O)NCC[NH+]1CCCCC1. The van der Waals surface area contributed by atoms with Crippen LogP contribution in [0.2, 0.25) is 0 Å². The second-order valence-corrected chi connectivity index (χ2v) is 3.91. The molecule has 0 atom stereocenters. The van der Waals surface area contributed by atoms with E-state index in [4.69, 9.17) is 5.21 Å². The van der Waals surface area contributed by atoms with E-state index >= 15 is 0 Å². The van der Waals surface area contributed by atoms with E-state index in [0.29, 0.717) is 6.54 Å². The fourth-order valence-corrected chi connectivity index (χ4v) is 1.81. The minimum atomic E-state index is -0.339. The average Bonchev–Trinajstić information content (AvgIpc) is 2.29. The topological polar surface area (TPSA) is 65.8 Å². The Morgan fingerprint density at radius 3 is 2.60 bits per heavy atom. The van der Waals surface area contributed by atoms with E-state index in [1.54, 1.807) is 10.4 Å². The first-order valence-corrected chi connectivity index (χ1v) is 5.45. The lowest BCUT2D eigenvalue weighted by atomic mass is 10.1. The van der Waals surface area contributed by atoms with E-state index in [1.165, 1.54) is 32.4 Å². The maximum atomic E-state index is 11.2. The zero-order valence-corrected chi connectivity index (χ0v) is 9.01. The number of hydrogen-bond donors (Lipinski definition) is 4. The summed E-state index contributed by atoms with van der Waals surface area (Å²) in [4.78, 5) is 12.7. The molecule has 1 heterocycles. The van der Waals surface area contributed by atoms with Gasteiger partial charge in [0.1, 0.15) is 5.70 Å². The van der Waals surface area contributed by atoms with Crippen LogP contribution in [0, 0.1) is 0 Å². The van der Waals surface area contributed by atoms with Crippen LogP contribution in [-0.2, 0) is 4.79 Å². The maximum Gasteiger partial charge on any atom is 0.269 e. The highest BCUT2D eigenvalue weighted by molar-refractivity contribution is 5.91. The molecule has 15 heavy (non-hydrogen) atoms. The molecule has 0 saturated carbocycles. The summed E-state index contributed by atoms with van der Waals surface area (Å²) in [5.74, 6) is -0.339. The minimum Gasteiger partial charge on any atom is -0.345 e. The molecule has 1 aliphatic rings. The third-order valence-corrected chi connectivity index (χ3v) is 2.73. The van der Waals surface area contributed by atoms with Gasteiger partial charge >= 0.3 is 0 Å². The molecule has 4 N–H and O–H groups in total. The molecule has 1 fully saturated rings. The molecule has 0 aromatic rings. The van der Waals surface area contributed by atoms with Crippen LogP contribution in [-0.4, -0.2) is 37.3 Å². The van der Waals surface area contributed by atoms with Crippen LogP contribution < -0.4 is 15.7 Å². The van der Waals surface area contributed by atoms with Crippen molar-refractivity contribution >= 4 is 5.91 Å². The van der Waals surface area contributed by atoms with Gasteiger partial charge in [0.05, 0.1) is 26.2 Å². The van der Waals surface area contributed by atoms with E-state index in [0.717, 1.165) is 6.54 Å². The molecule has 1 amide bonds. The van der Waals surface area contributed by atoms with E-state index in [1.807, 2.05) is 0 Å². The third-order valence-electron chi connectivity index (χ3n) is 2.73. The molecule has 0 aliphatic carbocycles. The van der Waals surface area contributed by atoms with E-state index < -0.39 is 0 Å². The van der Waals surface area contributed by atoms with Crippen LogP contribution in [0.3, 0.4) is 0 Å². The largest absolute Gasteiger partial charge is 0.345 e. The molecule has 0 bridgehead atoms. The molecule has 0 aromatic heterocycles. The maximum absolute atomic E-state index is 11.2. The molecule has 1 aliphatic heterocycles. The summed E-state index contributed by atoms with van der Waals surface area (Å²) in [5, 5.41) is 11.1. The number of rotatable bonds is 5. The predicted octanol–water partition coefficient (Wildman–Crippen LogP) is -1.34. The molecule has 0 aromatic carbocycles. The van der Waals surface area contributed by atoms with Gasteiger partial charge in [-0.05, 0) is 19.3 Å². The Morgan fingerprint density at radius 2 is 2.00 bits per heavy atom. The number of quaternary nitrogens is 1. The Labute approximate surface area is 90.1 Å². The number of amides is 1. The quantitative estimate of drug-likeness (QED) is 0.338. The fourth-order valence-electron chi connectivity index (χ4n) is 1.81. The zero-order chi connectivity index (χ0) is 11.1. The minimum absolute atomic E-state index is 0.0105. The molecular formula is C10H20N3O2+. The van der Waals surface area contributed by atoms with Gasteiger partial charge in [-0.25, -0.2) is 0 Å². The number of carbonyl (C=O) groups excluding carboxylic acids is 1. The number of hydroxylamine groups is 1. The molecule has 1 saturated heterocycles. The summed E-state index contributed by atoms with van der Waals surface area (Å²) in [6, 6.07) is 0. The standard InChI is InChI=1S/C10H19N3O2/c1-9(12-15)10(14)11-5-8-13-6-3-2-4-7-13/h12,15H,1-8H2,(H,11,14)/p+1. The predicted molar refractivity (Wildman–Crippen MR) is 56.5 cm³/mol. The van der Waals surface area contributed by atoms with Crippen molar-refractivity contribution in [1.29, 1.82) is 0 Å². The van der Waals surface area contributed by atoms with Crippen LogP contribution in [0.1, 0.15) is 19.3 Å². The zero-order valence-electron chi connectivity index (χ0n) is 9.01. The van der Waals surface area contributed by atoms with Crippen LogP contribution in [0.5, 0.6) is 0 Å². The fraction of sp³-hybridized carbons (Fsp3) is 0.700. The van der Waals surface area contributed by atoms with E-state index in [-0.39, 0.29) is 11.6 Å². The van der Waals surface area contributed by atoms with Crippen molar-refractivity contribution in [2.24, 2.45) is 0 Å². The summed E-state index contributed by atoms with van der Waals surface area (Å²) in [6.07, 6.45) is 3.91. The van der Waals surface area contributed by atoms with Crippen molar-refractivity contribution in [1.82, 2.24) is 10.8 Å². The molecule has 0 spiro atoms. The molecule has 5 heteroatoms. The smallest absolute Gasteiger partial charge is 0.269 e. The Balaban J connectivity index is 2.09. The molecule has 0 radical (unpaired) electrons. The van der Waals surface area contributed by atoms with Crippen molar-refractivity contribution in [3.63, 3.8) is 0 Å². The highest BCUT2D eigenvalue weighted by Gasteiger charge is 2.13. The lowest BCUT2D eigenvalue weighted by Gasteiger charge is -2.23. The highest BCUT2D eigenvalue weighted by Crippen LogP contribution is 1.93. The molecular weight excluding hydrogens is 194 g/mol. The lowest BCUT2D eigenvalue weighted by molar-refractivity contribution is -0.903. The van der Waals surface area contributed by atoms with Crippen molar-refractivity contribution < 1.29 is 14.9 Å². The number of hydrogen-bond acceptors (Lipinski definition) is 3. The van der Waals surface area contributed by atoms with E-state index in [9.17, 15) is 4.79 Å². The summed E-state index contributed by atoms with van der Waals surface area (Å²) >= 11 is 0. The lowest BCUT2D eigenvalue weighted by Crippen LogP contribution is -3.13. The van der Waals surface area contributed by atoms with Crippen LogP contribution in [0.15, 0.2) is 12.3 Å². The van der Waals surface area contributed by atoms with Gasteiger partial charge in [-0.1, -0.05) is 6.58 Å². The van der Waals surface area contributed by atoms with Crippen molar-refractivity contribution in [2.75, 3.05) is 26.2 Å². The van der Waals surface area contributed by atoms with Gasteiger partial charge in [-0.3, -0.25) is 15.5 Å². The Hall–Kier alpha value is -1.07. The third kappa shape index (κ3) is 4.31. The summed E-state index contributed by atoms with van der Waals surface area (Å²) in [6.45, 7) is 7.35. The Bertz CT molecular complexity index is 225. The molecule has 86 valence electrons. The monoisotopic (exact) mass is 214 g/mol. The normalized spacial score (nSPS) is 17.1. The van der Waals surface area contributed by atoms with Gasteiger partial charge in [0.15, 0.2) is 0 Å². The summed E-state index contributed by atoms with van der Waals surface area (Å²) in [5.41, 5.74) is 1.73. The number of nitrogens with one attached hydrogen (secondary N) is 3. The van der Waals surface area contributed by atoms with Gasteiger partial charge in [-0.15, -0.1) is 0 Å². The summed E-state index contributed by atoms with van der Waals surface area (Å²) < 4.78 is 0. The molecule has 0 unspecified atom stereocenters. The van der Waals surface area contributed by atoms with Gasteiger partial charge in [0.2, 0.25) is 0 Å². The molecule has 1 rings (SSSR count). The Kier molecular flexibility index (Phi) is 5.14. The van der Waals surface area contributed by atoms with E-state index in [2.05, 4.69) is 11.9 Å². The van der Waals surface area contributed by atoms with Crippen molar-refractivity contribution in [3.8, 4) is 0 Å².